The highest BCUT2D eigenvalue weighted by Gasteiger charge is 2.28. The molecule has 0 saturated carbocycles. The Balaban J connectivity index is 2.10. The molecule has 0 bridgehead atoms. The van der Waals surface area contributed by atoms with Crippen LogP contribution >= 0.6 is 0 Å². The first-order valence-electron chi connectivity index (χ1n) is 6.15. The Morgan fingerprint density at radius 3 is 2.75 bits per heavy atom. The summed E-state index contributed by atoms with van der Waals surface area (Å²) in [6.07, 6.45) is 4.05. The minimum atomic E-state index is -0.0773. The third-order valence-corrected chi connectivity index (χ3v) is 3.23. The third-order valence-electron chi connectivity index (χ3n) is 3.23. The fourth-order valence-electron chi connectivity index (χ4n) is 2.38. The van der Waals surface area contributed by atoms with E-state index in [2.05, 4.69) is 12.2 Å². The van der Waals surface area contributed by atoms with E-state index in [0.29, 0.717) is 11.8 Å². The zero-order chi connectivity index (χ0) is 11.4. The van der Waals surface area contributed by atoms with Crippen LogP contribution in [0.25, 0.3) is 0 Å². The molecule has 0 spiro atoms. The summed E-state index contributed by atoms with van der Waals surface area (Å²) >= 11 is 0. The van der Waals surface area contributed by atoms with Gasteiger partial charge in [-0.15, -0.1) is 0 Å². The van der Waals surface area contributed by atoms with E-state index in [-0.39, 0.29) is 6.04 Å². The molecule has 1 aromatic rings. The molecule has 2 rings (SSSR count). The number of nitrogens with one attached hydrogen (secondary N) is 1. The van der Waals surface area contributed by atoms with Gasteiger partial charge in [0.1, 0.15) is 0 Å². The van der Waals surface area contributed by atoms with Gasteiger partial charge in [-0.1, -0.05) is 43.7 Å². The molecule has 2 heteroatoms. The molecule has 1 N–H and O–H groups in total. The van der Waals surface area contributed by atoms with E-state index in [1.165, 1.54) is 6.42 Å². The van der Waals surface area contributed by atoms with Crippen molar-refractivity contribution in [2.24, 2.45) is 0 Å². The minimum absolute atomic E-state index is 0.0773. The number of hydrogen-bond donors (Lipinski definition) is 1. The summed E-state index contributed by atoms with van der Waals surface area (Å²) in [5, 5.41) is 3.47. The van der Waals surface area contributed by atoms with Crippen LogP contribution in [0.15, 0.2) is 30.3 Å². The topological polar surface area (TPSA) is 29.1 Å². The summed E-state index contributed by atoms with van der Waals surface area (Å²) in [7, 11) is 0. The number of piperidine rings is 1. The molecular weight excluding hydrogens is 198 g/mol. The standard InChI is InChI=1S/C14H19NO/c1-2-6-12-9-10-13(16)14(15-12)11-7-4-3-5-8-11/h3-5,7-8,12,14-15H,2,6,9-10H2,1H3. The number of Topliss-reactive ketones (excluding diaryl/α,β-unsaturated/α-hetero) is 1. The maximum absolute atomic E-state index is 11.9. The van der Waals surface area contributed by atoms with Crippen LogP contribution in [-0.4, -0.2) is 11.8 Å². The molecule has 86 valence electrons. The van der Waals surface area contributed by atoms with E-state index in [0.717, 1.165) is 24.8 Å². The average molecular weight is 217 g/mol. The van der Waals surface area contributed by atoms with Crippen LogP contribution in [0.2, 0.25) is 0 Å². The number of hydrogen-bond acceptors (Lipinski definition) is 2. The maximum atomic E-state index is 11.9. The van der Waals surface area contributed by atoms with Gasteiger partial charge in [0.2, 0.25) is 0 Å². The monoisotopic (exact) mass is 217 g/mol. The van der Waals surface area contributed by atoms with Crippen LogP contribution in [-0.2, 0) is 4.79 Å². The van der Waals surface area contributed by atoms with Gasteiger partial charge in [-0.05, 0) is 18.4 Å². The van der Waals surface area contributed by atoms with Gasteiger partial charge < -0.3 is 5.32 Å². The van der Waals surface area contributed by atoms with Crippen LogP contribution < -0.4 is 5.32 Å². The van der Waals surface area contributed by atoms with Crippen molar-refractivity contribution in [3.05, 3.63) is 35.9 Å². The first kappa shape index (κ1) is 11.3. The van der Waals surface area contributed by atoms with E-state index in [1.54, 1.807) is 0 Å². The molecule has 1 saturated heterocycles. The number of ketones is 1. The van der Waals surface area contributed by atoms with Crippen molar-refractivity contribution in [3.63, 3.8) is 0 Å². The molecule has 16 heavy (non-hydrogen) atoms. The second-order valence-electron chi connectivity index (χ2n) is 4.50. The number of rotatable bonds is 3. The van der Waals surface area contributed by atoms with Gasteiger partial charge in [-0.3, -0.25) is 4.79 Å². The summed E-state index contributed by atoms with van der Waals surface area (Å²) in [5.74, 6) is 0.332. The van der Waals surface area contributed by atoms with Crippen molar-refractivity contribution < 1.29 is 4.79 Å². The third kappa shape index (κ3) is 2.50. The molecule has 2 nitrogen and oxygen atoms in total. The predicted octanol–water partition coefficient (Wildman–Crippen LogP) is 2.85. The lowest BCUT2D eigenvalue weighted by atomic mass is 9.91. The Hall–Kier alpha value is -1.15. The Labute approximate surface area is 97.1 Å². The van der Waals surface area contributed by atoms with Crippen molar-refractivity contribution in [3.8, 4) is 0 Å². The van der Waals surface area contributed by atoms with Gasteiger partial charge in [0.05, 0.1) is 6.04 Å². The second-order valence-corrected chi connectivity index (χ2v) is 4.50. The summed E-state index contributed by atoms with van der Waals surface area (Å²) in [4.78, 5) is 11.9. The van der Waals surface area contributed by atoms with Crippen molar-refractivity contribution in [2.75, 3.05) is 0 Å². The molecule has 1 aromatic carbocycles. The van der Waals surface area contributed by atoms with E-state index in [4.69, 9.17) is 0 Å². The average Bonchev–Trinajstić information content (AvgIpc) is 2.33. The number of benzene rings is 1. The van der Waals surface area contributed by atoms with Crippen molar-refractivity contribution in [1.29, 1.82) is 0 Å². The molecule has 2 unspecified atom stereocenters. The van der Waals surface area contributed by atoms with Gasteiger partial charge >= 0.3 is 0 Å². The van der Waals surface area contributed by atoms with Crippen LogP contribution in [0.3, 0.4) is 0 Å². The zero-order valence-corrected chi connectivity index (χ0v) is 9.78. The van der Waals surface area contributed by atoms with Crippen LogP contribution in [0, 0.1) is 0 Å². The highest BCUT2D eigenvalue weighted by molar-refractivity contribution is 5.86. The van der Waals surface area contributed by atoms with E-state index >= 15 is 0 Å². The van der Waals surface area contributed by atoms with Gasteiger partial charge in [0, 0.05) is 12.5 Å². The highest BCUT2D eigenvalue weighted by Crippen LogP contribution is 2.24. The lowest BCUT2D eigenvalue weighted by Gasteiger charge is -2.30. The summed E-state index contributed by atoms with van der Waals surface area (Å²) in [5.41, 5.74) is 1.10. The molecule has 1 aliphatic rings. The summed E-state index contributed by atoms with van der Waals surface area (Å²) in [6.45, 7) is 2.19. The zero-order valence-electron chi connectivity index (χ0n) is 9.78. The normalized spacial score (nSPS) is 25.7. The quantitative estimate of drug-likeness (QED) is 0.843. The lowest BCUT2D eigenvalue weighted by molar-refractivity contribution is -0.123. The molecule has 1 heterocycles. The molecular formula is C14H19NO. The van der Waals surface area contributed by atoms with E-state index < -0.39 is 0 Å². The van der Waals surface area contributed by atoms with E-state index in [1.807, 2.05) is 30.3 Å². The molecule has 0 radical (unpaired) electrons. The fraction of sp³-hybridized carbons (Fsp3) is 0.500. The summed E-state index contributed by atoms with van der Waals surface area (Å²) < 4.78 is 0. The largest absolute Gasteiger partial charge is 0.301 e. The van der Waals surface area contributed by atoms with Crippen LogP contribution in [0.4, 0.5) is 0 Å². The van der Waals surface area contributed by atoms with Gasteiger partial charge in [-0.2, -0.15) is 0 Å². The smallest absolute Gasteiger partial charge is 0.154 e. The van der Waals surface area contributed by atoms with Crippen LogP contribution in [0.5, 0.6) is 0 Å². The molecule has 2 atom stereocenters. The van der Waals surface area contributed by atoms with Gasteiger partial charge in [-0.25, -0.2) is 0 Å². The fourth-order valence-corrected chi connectivity index (χ4v) is 2.38. The number of carbonyl (C=O) groups is 1. The SMILES string of the molecule is CCCC1CCC(=O)C(c2ccccc2)N1. The molecule has 1 fully saturated rings. The Kier molecular flexibility index (Phi) is 3.73. The van der Waals surface area contributed by atoms with Gasteiger partial charge in [0.15, 0.2) is 5.78 Å². The highest BCUT2D eigenvalue weighted by atomic mass is 16.1. The van der Waals surface area contributed by atoms with Gasteiger partial charge in [0.25, 0.3) is 0 Å². The predicted molar refractivity (Wildman–Crippen MR) is 65.3 cm³/mol. The Bertz CT molecular complexity index is 347. The first-order valence-corrected chi connectivity index (χ1v) is 6.15. The second kappa shape index (κ2) is 5.26. The molecule has 1 aliphatic heterocycles. The Morgan fingerprint density at radius 2 is 2.06 bits per heavy atom. The number of carbonyl (C=O) groups excluding carboxylic acids is 1. The van der Waals surface area contributed by atoms with Crippen molar-refractivity contribution >= 4 is 5.78 Å². The van der Waals surface area contributed by atoms with Crippen molar-refractivity contribution in [1.82, 2.24) is 5.32 Å². The minimum Gasteiger partial charge on any atom is -0.301 e. The van der Waals surface area contributed by atoms with E-state index in [9.17, 15) is 4.79 Å². The van der Waals surface area contributed by atoms with Crippen LogP contribution in [0.1, 0.15) is 44.2 Å². The molecule has 0 aromatic heterocycles. The molecule has 0 amide bonds. The molecule has 0 aliphatic carbocycles. The summed E-state index contributed by atoms with van der Waals surface area (Å²) in [6, 6.07) is 10.5. The van der Waals surface area contributed by atoms with Crippen molar-refractivity contribution in [2.45, 2.75) is 44.7 Å². The lowest BCUT2D eigenvalue weighted by Crippen LogP contribution is -2.42. The maximum Gasteiger partial charge on any atom is 0.154 e. The Morgan fingerprint density at radius 1 is 1.31 bits per heavy atom. The first-order chi connectivity index (χ1) is 7.81.